The third-order valence-electron chi connectivity index (χ3n) is 2.48. The molecule has 0 aliphatic heterocycles. The van der Waals surface area contributed by atoms with Crippen molar-refractivity contribution in [3.63, 3.8) is 0 Å². The molecule has 5 heteroatoms. The summed E-state index contributed by atoms with van der Waals surface area (Å²) in [7, 11) is 0. The van der Waals surface area contributed by atoms with Crippen LogP contribution in [0.4, 0.5) is 0 Å². The van der Waals surface area contributed by atoms with Gasteiger partial charge in [-0.3, -0.25) is 0 Å². The fourth-order valence-corrected chi connectivity index (χ4v) is 1.71. The van der Waals surface area contributed by atoms with Gasteiger partial charge in [-0.05, 0) is 25.0 Å². The summed E-state index contributed by atoms with van der Waals surface area (Å²) in [6, 6.07) is 6.86. The molecule has 0 bridgehead atoms. The first-order chi connectivity index (χ1) is 8.61. The summed E-state index contributed by atoms with van der Waals surface area (Å²) in [6.45, 7) is 2.25. The van der Waals surface area contributed by atoms with Crippen LogP contribution in [0.5, 0.6) is 5.75 Å². The smallest absolute Gasteiger partial charge is 0.337 e. The normalized spacial score (nSPS) is 11.6. The van der Waals surface area contributed by atoms with Gasteiger partial charge in [-0.1, -0.05) is 12.1 Å². The maximum Gasteiger partial charge on any atom is 0.337 e. The fourth-order valence-electron chi connectivity index (χ4n) is 1.71. The molecule has 0 aliphatic carbocycles. The first kappa shape index (κ1) is 14.0. The van der Waals surface area contributed by atoms with Crippen molar-refractivity contribution in [2.75, 3.05) is 6.61 Å². The number of benzene rings is 1. The zero-order valence-corrected chi connectivity index (χ0v) is 10.1. The van der Waals surface area contributed by atoms with Gasteiger partial charge >= 0.3 is 5.97 Å². The highest BCUT2D eigenvalue weighted by Crippen LogP contribution is 2.28. The predicted octanol–water partition coefficient (Wildman–Crippen LogP) is 1.66. The summed E-state index contributed by atoms with van der Waals surface area (Å²) in [5.74, 6) is -0.799. The molecule has 0 saturated carbocycles. The minimum Gasteiger partial charge on any atom is -0.494 e. The molecule has 0 fully saturated rings. The second-order valence-electron chi connectivity index (χ2n) is 3.66. The Hall–Kier alpha value is -2.06. The van der Waals surface area contributed by atoms with E-state index < -0.39 is 12.1 Å². The van der Waals surface area contributed by atoms with Crippen LogP contribution in [-0.2, 0) is 11.2 Å². The van der Waals surface area contributed by atoms with Gasteiger partial charge in [-0.2, -0.15) is 5.26 Å². The number of aliphatic hydroxyl groups excluding tert-OH is 1. The molecule has 0 aliphatic rings. The third kappa shape index (κ3) is 3.22. The molecule has 1 rings (SSSR count). The van der Waals surface area contributed by atoms with Gasteiger partial charge in [0.1, 0.15) is 5.75 Å². The highest BCUT2D eigenvalue weighted by atomic mass is 16.5. The lowest BCUT2D eigenvalue weighted by Crippen LogP contribution is -2.13. The van der Waals surface area contributed by atoms with Crippen molar-refractivity contribution < 1.29 is 19.7 Å². The number of nitrogens with zero attached hydrogens (tertiary/aromatic N) is 1. The van der Waals surface area contributed by atoms with E-state index in [4.69, 9.17) is 15.1 Å². The van der Waals surface area contributed by atoms with Gasteiger partial charge in [0, 0.05) is 12.0 Å². The van der Waals surface area contributed by atoms with E-state index in [9.17, 15) is 9.90 Å². The predicted molar refractivity (Wildman–Crippen MR) is 64.1 cm³/mol. The lowest BCUT2D eigenvalue weighted by molar-refractivity contribution is -0.147. The van der Waals surface area contributed by atoms with Crippen LogP contribution < -0.4 is 4.74 Å². The maximum atomic E-state index is 10.8. The van der Waals surface area contributed by atoms with Crippen LogP contribution in [0.3, 0.4) is 0 Å². The van der Waals surface area contributed by atoms with E-state index in [0.29, 0.717) is 24.3 Å². The molecule has 1 aromatic rings. The van der Waals surface area contributed by atoms with Crippen molar-refractivity contribution in [3.05, 3.63) is 29.3 Å². The number of aliphatic carboxylic acids is 1. The third-order valence-corrected chi connectivity index (χ3v) is 2.48. The molecular weight excluding hydrogens is 234 g/mol. The summed E-state index contributed by atoms with van der Waals surface area (Å²) in [4.78, 5) is 10.8. The summed E-state index contributed by atoms with van der Waals surface area (Å²) in [5.41, 5.74) is 0.861. The van der Waals surface area contributed by atoms with Crippen LogP contribution >= 0.6 is 0 Å². The van der Waals surface area contributed by atoms with E-state index in [-0.39, 0.29) is 12.0 Å². The van der Waals surface area contributed by atoms with E-state index in [0.717, 1.165) is 0 Å². The first-order valence-corrected chi connectivity index (χ1v) is 5.64. The van der Waals surface area contributed by atoms with Crippen LogP contribution in [0.1, 0.15) is 30.6 Å². The topological polar surface area (TPSA) is 90.6 Å². The zero-order valence-electron chi connectivity index (χ0n) is 10.1. The van der Waals surface area contributed by atoms with Gasteiger partial charge in [0.2, 0.25) is 0 Å². The highest BCUT2D eigenvalue weighted by Gasteiger charge is 2.21. The Kier molecular flexibility index (Phi) is 5.15. The van der Waals surface area contributed by atoms with Crippen LogP contribution in [0.25, 0.3) is 0 Å². The minimum absolute atomic E-state index is 0.240. The number of rotatable bonds is 6. The van der Waals surface area contributed by atoms with E-state index in [1.807, 2.05) is 13.0 Å². The molecular formula is C13H15NO4. The molecule has 0 heterocycles. The molecule has 0 amide bonds. The highest BCUT2D eigenvalue weighted by molar-refractivity contribution is 5.75. The number of hydrogen-bond donors (Lipinski definition) is 2. The van der Waals surface area contributed by atoms with Crippen LogP contribution in [0.15, 0.2) is 18.2 Å². The number of carboxylic acids is 1. The molecule has 0 spiro atoms. The number of carboxylic acid groups (broad SMARTS) is 1. The number of nitriles is 1. The average molecular weight is 249 g/mol. The Morgan fingerprint density at radius 2 is 2.28 bits per heavy atom. The van der Waals surface area contributed by atoms with Crippen molar-refractivity contribution >= 4 is 5.97 Å². The monoisotopic (exact) mass is 249 g/mol. The molecule has 2 N–H and O–H groups in total. The summed E-state index contributed by atoms with van der Waals surface area (Å²) in [5, 5.41) is 27.1. The van der Waals surface area contributed by atoms with E-state index in [1.165, 1.54) is 6.07 Å². The molecule has 0 radical (unpaired) electrons. The molecule has 0 aromatic heterocycles. The Bertz CT molecular complexity index is 465. The second kappa shape index (κ2) is 6.62. The van der Waals surface area contributed by atoms with Gasteiger partial charge in [0.05, 0.1) is 12.7 Å². The number of aliphatic hydroxyl groups is 1. The first-order valence-electron chi connectivity index (χ1n) is 5.64. The summed E-state index contributed by atoms with van der Waals surface area (Å²) < 4.78 is 5.39. The number of ether oxygens (including phenoxy) is 1. The van der Waals surface area contributed by atoms with Gasteiger partial charge in [-0.15, -0.1) is 0 Å². The molecule has 1 atom stereocenters. The zero-order chi connectivity index (χ0) is 13.5. The van der Waals surface area contributed by atoms with E-state index in [2.05, 4.69) is 0 Å². The van der Waals surface area contributed by atoms with Crippen molar-refractivity contribution in [1.82, 2.24) is 0 Å². The fraction of sp³-hybridized carbons (Fsp3) is 0.385. The van der Waals surface area contributed by atoms with Crippen molar-refractivity contribution in [2.45, 2.75) is 25.9 Å². The SMILES string of the molecule is CCOc1cccc(C(O)C(=O)O)c1CCC#N. The van der Waals surface area contributed by atoms with E-state index >= 15 is 0 Å². The quantitative estimate of drug-likeness (QED) is 0.800. The number of carbonyl (C=O) groups is 1. The lowest BCUT2D eigenvalue weighted by Gasteiger charge is -2.15. The van der Waals surface area contributed by atoms with Crippen molar-refractivity contribution in [2.24, 2.45) is 0 Å². The van der Waals surface area contributed by atoms with Gasteiger partial charge in [0.15, 0.2) is 6.10 Å². The Labute approximate surface area is 105 Å². The van der Waals surface area contributed by atoms with Gasteiger partial charge in [0.25, 0.3) is 0 Å². The largest absolute Gasteiger partial charge is 0.494 e. The van der Waals surface area contributed by atoms with Crippen LogP contribution in [-0.4, -0.2) is 22.8 Å². The molecule has 1 aromatic carbocycles. The maximum absolute atomic E-state index is 10.8. The van der Waals surface area contributed by atoms with Crippen LogP contribution in [0, 0.1) is 11.3 Å². The second-order valence-corrected chi connectivity index (χ2v) is 3.66. The molecule has 5 nitrogen and oxygen atoms in total. The standard InChI is InChI=1S/C13H15NO4/c1-2-18-11-7-3-5-10(12(15)13(16)17)9(11)6-4-8-14/h3,5,7,12,15H,2,4,6H2,1H3,(H,16,17). The Morgan fingerprint density at radius 1 is 1.56 bits per heavy atom. The molecule has 96 valence electrons. The lowest BCUT2D eigenvalue weighted by atomic mass is 9.97. The minimum atomic E-state index is -1.60. The summed E-state index contributed by atoms with van der Waals surface area (Å²) >= 11 is 0. The average Bonchev–Trinajstić information content (AvgIpc) is 2.36. The van der Waals surface area contributed by atoms with Crippen LogP contribution in [0.2, 0.25) is 0 Å². The Balaban J connectivity index is 3.18. The Morgan fingerprint density at radius 3 is 2.83 bits per heavy atom. The summed E-state index contributed by atoms with van der Waals surface area (Å²) in [6.07, 6.45) is -1.01. The van der Waals surface area contributed by atoms with Crippen molar-refractivity contribution in [3.8, 4) is 11.8 Å². The van der Waals surface area contributed by atoms with Gasteiger partial charge in [-0.25, -0.2) is 4.79 Å². The molecule has 18 heavy (non-hydrogen) atoms. The molecule has 0 saturated heterocycles. The molecule has 1 unspecified atom stereocenters. The van der Waals surface area contributed by atoms with E-state index in [1.54, 1.807) is 12.1 Å². The van der Waals surface area contributed by atoms with Crippen molar-refractivity contribution in [1.29, 1.82) is 5.26 Å². The van der Waals surface area contributed by atoms with Gasteiger partial charge < -0.3 is 14.9 Å². The number of hydrogen-bond acceptors (Lipinski definition) is 4.